The molecule has 1 N–H and O–H groups in total. The van der Waals surface area contributed by atoms with Crippen LogP contribution in [-0.4, -0.2) is 39.1 Å². The fourth-order valence-electron chi connectivity index (χ4n) is 6.42. The summed E-state index contributed by atoms with van der Waals surface area (Å²) in [6.45, 7) is 0.675. The molecule has 0 radical (unpaired) electrons. The molecule has 1 aromatic heterocycles. The van der Waals surface area contributed by atoms with Crippen LogP contribution >= 0.6 is 0 Å². The number of para-hydroxylation sites is 1. The number of nitro benzene ring substituents is 1. The van der Waals surface area contributed by atoms with Gasteiger partial charge in [-0.1, -0.05) is 30.3 Å². The Hall–Kier alpha value is -3.91. The van der Waals surface area contributed by atoms with Crippen LogP contribution in [0, 0.1) is 16.0 Å². The van der Waals surface area contributed by atoms with Crippen molar-refractivity contribution in [2.45, 2.75) is 30.3 Å². The zero-order valence-corrected chi connectivity index (χ0v) is 18.3. The number of aromatic nitrogens is 1. The van der Waals surface area contributed by atoms with Crippen LogP contribution in [0.4, 0.5) is 11.4 Å². The molecule has 3 aliphatic heterocycles. The summed E-state index contributed by atoms with van der Waals surface area (Å²) in [5, 5.41) is 14.6. The fourth-order valence-corrected chi connectivity index (χ4v) is 6.42. The van der Waals surface area contributed by atoms with E-state index in [4.69, 9.17) is 0 Å². The standard InChI is InChI=1S/C26H22N4O4/c31-24(17-7-4-12-27-15-17)23-22(16-6-3-8-18(14-16)30(33)34)21-11-5-13-29(21)26(23)19-9-1-2-10-20(19)28-25(26)32/h1-4,6-10,12,14-15,21-23H,5,11,13H2,(H,28,32)/t21-,22+,23-,26+/m0/s1. The molecule has 8 nitrogen and oxygen atoms in total. The zero-order valence-electron chi connectivity index (χ0n) is 18.3. The Labute approximate surface area is 195 Å². The van der Waals surface area contributed by atoms with Crippen LogP contribution in [0.25, 0.3) is 0 Å². The second-order valence-corrected chi connectivity index (χ2v) is 9.13. The molecule has 4 heterocycles. The maximum Gasteiger partial charge on any atom is 0.269 e. The normalized spacial score (nSPS) is 27.4. The van der Waals surface area contributed by atoms with Gasteiger partial charge >= 0.3 is 0 Å². The van der Waals surface area contributed by atoms with Crippen molar-refractivity contribution in [1.82, 2.24) is 9.88 Å². The van der Waals surface area contributed by atoms with Gasteiger partial charge < -0.3 is 5.32 Å². The summed E-state index contributed by atoms with van der Waals surface area (Å²) in [6, 6.07) is 17.4. The third-order valence-electron chi connectivity index (χ3n) is 7.60. The number of fused-ring (bicyclic) bond motifs is 4. The summed E-state index contributed by atoms with van der Waals surface area (Å²) in [6.07, 6.45) is 4.83. The molecule has 2 aromatic carbocycles. The van der Waals surface area contributed by atoms with Gasteiger partial charge in [-0.3, -0.25) is 29.6 Å². The SMILES string of the molecule is O=C(c1cccnc1)[C@@H]1[C@H](c2cccc([N+](=O)[O-])c2)[C@@H]2CCCN2[C@@]12C(=O)Nc1ccccc12. The van der Waals surface area contributed by atoms with Crippen LogP contribution in [0.5, 0.6) is 0 Å². The highest BCUT2D eigenvalue weighted by atomic mass is 16.6. The van der Waals surface area contributed by atoms with E-state index in [1.54, 1.807) is 30.5 Å². The van der Waals surface area contributed by atoms with Crippen molar-refractivity contribution in [3.05, 3.63) is 99.9 Å². The minimum absolute atomic E-state index is 0.0214. The second-order valence-electron chi connectivity index (χ2n) is 9.13. The first-order chi connectivity index (χ1) is 16.5. The molecule has 0 bridgehead atoms. The molecule has 0 unspecified atom stereocenters. The average Bonchev–Trinajstić information content (AvgIpc) is 3.52. The van der Waals surface area contributed by atoms with Crippen molar-refractivity contribution in [1.29, 1.82) is 0 Å². The summed E-state index contributed by atoms with van der Waals surface area (Å²) >= 11 is 0. The van der Waals surface area contributed by atoms with Crippen LogP contribution in [0.2, 0.25) is 0 Å². The number of rotatable bonds is 4. The highest BCUT2D eigenvalue weighted by Gasteiger charge is 2.69. The van der Waals surface area contributed by atoms with E-state index in [0.717, 1.165) is 18.4 Å². The van der Waals surface area contributed by atoms with E-state index in [2.05, 4.69) is 15.2 Å². The second kappa shape index (κ2) is 7.56. The third kappa shape index (κ3) is 2.72. The van der Waals surface area contributed by atoms with E-state index in [1.165, 1.54) is 12.3 Å². The minimum atomic E-state index is -1.18. The van der Waals surface area contributed by atoms with Crippen molar-refractivity contribution in [2.24, 2.45) is 5.92 Å². The number of Topliss-reactive ketones (excluding diaryl/α,β-unsaturated/α-hetero) is 1. The molecular formula is C26H22N4O4. The molecule has 170 valence electrons. The summed E-state index contributed by atoms with van der Waals surface area (Å²) < 4.78 is 0. The van der Waals surface area contributed by atoms with Crippen molar-refractivity contribution in [3.63, 3.8) is 0 Å². The lowest BCUT2D eigenvalue weighted by molar-refractivity contribution is -0.384. The van der Waals surface area contributed by atoms with Gasteiger partial charge in [-0.25, -0.2) is 0 Å². The van der Waals surface area contributed by atoms with Crippen LogP contribution in [0.15, 0.2) is 73.1 Å². The molecule has 0 aliphatic carbocycles. The van der Waals surface area contributed by atoms with Gasteiger partial charge in [0, 0.05) is 53.3 Å². The number of hydrogen-bond donors (Lipinski definition) is 1. The number of carbonyl (C=O) groups excluding carboxylic acids is 2. The minimum Gasteiger partial charge on any atom is -0.324 e. The first-order valence-corrected chi connectivity index (χ1v) is 11.4. The molecule has 0 saturated carbocycles. The predicted molar refractivity (Wildman–Crippen MR) is 124 cm³/mol. The predicted octanol–water partition coefficient (Wildman–Crippen LogP) is 3.90. The number of amides is 1. The van der Waals surface area contributed by atoms with Gasteiger partial charge in [-0.15, -0.1) is 0 Å². The number of nitro groups is 1. The van der Waals surface area contributed by atoms with Crippen molar-refractivity contribution in [2.75, 3.05) is 11.9 Å². The maximum absolute atomic E-state index is 14.2. The molecule has 8 heteroatoms. The summed E-state index contributed by atoms with van der Waals surface area (Å²) in [5.41, 5.74) is 1.44. The number of non-ortho nitro benzene ring substituents is 1. The lowest BCUT2D eigenvalue weighted by atomic mass is 9.69. The Bertz CT molecular complexity index is 1330. The van der Waals surface area contributed by atoms with Crippen LogP contribution in [0.3, 0.4) is 0 Å². The fraction of sp³-hybridized carbons (Fsp3) is 0.269. The van der Waals surface area contributed by atoms with Crippen molar-refractivity contribution >= 4 is 23.1 Å². The van der Waals surface area contributed by atoms with Gasteiger partial charge in [-0.05, 0) is 43.1 Å². The van der Waals surface area contributed by atoms with Gasteiger partial charge in [0.2, 0.25) is 5.91 Å². The first-order valence-electron chi connectivity index (χ1n) is 11.4. The molecular weight excluding hydrogens is 432 g/mol. The topological polar surface area (TPSA) is 105 Å². The molecule has 3 aromatic rings. The van der Waals surface area contributed by atoms with Gasteiger partial charge in [0.05, 0.1) is 10.8 Å². The highest BCUT2D eigenvalue weighted by Crippen LogP contribution is 2.61. The van der Waals surface area contributed by atoms with E-state index >= 15 is 0 Å². The highest BCUT2D eigenvalue weighted by molar-refractivity contribution is 6.12. The Balaban J connectivity index is 1.62. The molecule has 1 amide bonds. The number of ketones is 1. The summed E-state index contributed by atoms with van der Waals surface area (Å²) in [4.78, 5) is 45.5. The van der Waals surface area contributed by atoms with E-state index < -0.39 is 16.4 Å². The van der Waals surface area contributed by atoms with E-state index in [-0.39, 0.29) is 29.3 Å². The van der Waals surface area contributed by atoms with Crippen LogP contribution < -0.4 is 5.32 Å². The van der Waals surface area contributed by atoms with Crippen molar-refractivity contribution in [3.8, 4) is 0 Å². The smallest absolute Gasteiger partial charge is 0.269 e. The Morgan fingerprint density at radius 3 is 2.79 bits per heavy atom. The number of anilines is 1. The summed E-state index contributed by atoms with van der Waals surface area (Å²) in [5.74, 6) is -1.53. The van der Waals surface area contributed by atoms with Gasteiger partial charge in [0.25, 0.3) is 5.69 Å². The number of nitrogens with one attached hydrogen (secondary N) is 1. The van der Waals surface area contributed by atoms with E-state index in [0.29, 0.717) is 23.4 Å². The Kier molecular flexibility index (Phi) is 4.60. The zero-order chi connectivity index (χ0) is 23.4. The Morgan fingerprint density at radius 2 is 2.00 bits per heavy atom. The van der Waals surface area contributed by atoms with Gasteiger partial charge in [0.1, 0.15) is 5.54 Å². The summed E-state index contributed by atoms with van der Waals surface area (Å²) in [7, 11) is 0. The maximum atomic E-state index is 14.2. The van der Waals surface area contributed by atoms with E-state index in [1.807, 2.05) is 30.3 Å². The molecule has 3 aliphatic rings. The number of carbonyl (C=O) groups is 2. The quantitative estimate of drug-likeness (QED) is 0.364. The number of benzene rings is 2. The molecule has 34 heavy (non-hydrogen) atoms. The lowest BCUT2D eigenvalue weighted by Crippen LogP contribution is -2.52. The molecule has 1 spiro atoms. The van der Waals surface area contributed by atoms with Crippen LogP contribution in [0.1, 0.15) is 40.2 Å². The van der Waals surface area contributed by atoms with Gasteiger partial charge in [0.15, 0.2) is 5.78 Å². The largest absolute Gasteiger partial charge is 0.324 e. The van der Waals surface area contributed by atoms with Crippen LogP contribution in [-0.2, 0) is 10.3 Å². The van der Waals surface area contributed by atoms with Crippen molar-refractivity contribution < 1.29 is 14.5 Å². The first kappa shape index (κ1) is 20.7. The number of hydrogen-bond acceptors (Lipinski definition) is 6. The molecule has 6 rings (SSSR count). The molecule has 2 saturated heterocycles. The average molecular weight is 454 g/mol. The van der Waals surface area contributed by atoms with E-state index in [9.17, 15) is 19.7 Å². The number of nitrogens with zero attached hydrogens (tertiary/aromatic N) is 3. The Morgan fingerprint density at radius 1 is 1.15 bits per heavy atom. The number of pyridine rings is 1. The van der Waals surface area contributed by atoms with Gasteiger partial charge in [-0.2, -0.15) is 0 Å². The molecule has 2 fully saturated rings. The molecule has 4 atom stereocenters. The monoisotopic (exact) mass is 454 g/mol. The third-order valence-corrected chi connectivity index (χ3v) is 7.60. The lowest BCUT2D eigenvalue weighted by Gasteiger charge is -2.36.